The van der Waals surface area contributed by atoms with Gasteiger partial charge in [0.1, 0.15) is 5.84 Å². The molecule has 0 aromatic heterocycles. The summed E-state index contributed by atoms with van der Waals surface area (Å²) in [5, 5.41) is 9.42. The van der Waals surface area contributed by atoms with E-state index < -0.39 is 22.0 Å². The van der Waals surface area contributed by atoms with Gasteiger partial charge in [-0.2, -0.15) is 11.8 Å². The number of hydrogen-bond acceptors (Lipinski definition) is 5. The number of rotatable bonds is 8. The van der Waals surface area contributed by atoms with E-state index in [4.69, 9.17) is 0 Å². The van der Waals surface area contributed by atoms with E-state index in [1.165, 1.54) is 23.9 Å². The molecule has 0 heterocycles. The molecule has 2 aromatic rings. The van der Waals surface area contributed by atoms with Gasteiger partial charge in [0.05, 0.1) is 4.90 Å². The fourth-order valence-corrected chi connectivity index (χ4v) is 3.69. The van der Waals surface area contributed by atoms with Crippen LogP contribution in [0.5, 0.6) is 0 Å². The highest BCUT2D eigenvalue weighted by molar-refractivity contribution is 7.98. The summed E-state index contributed by atoms with van der Waals surface area (Å²) in [6.45, 7) is 0. The maximum Gasteiger partial charge on any atom is 0.328 e. The lowest BCUT2D eigenvalue weighted by Crippen LogP contribution is -2.34. The third-order valence-electron chi connectivity index (χ3n) is 3.50. The first-order valence-electron chi connectivity index (χ1n) is 7.87. The van der Waals surface area contributed by atoms with Crippen molar-refractivity contribution in [2.45, 2.75) is 17.4 Å². The molecule has 0 fully saturated rings. The molecule has 2 rings (SSSR count). The van der Waals surface area contributed by atoms with E-state index in [1.54, 1.807) is 48.5 Å². The van der Waals surface area contributed by atoms with E-state index in [0.29, 0.717) is 17.7 Å². The lowest BCUT2D eigenvalue weighted by atomic mass is 10.2. The largest absolute Gasteiger partial charge is 0.480 e. The summed E-state index contributed by atoms with van der Waals surface area (Å²) >= 11 is 1.51. The number of thioether (sulfide) groups is 1. The number of sulfonamides is 1. The molecule has 0 amide bonds. The molecular formula is C18H20N2O4S2. The van der Waals surface area contributed by atoms with Crippen LogP contribution in [0.25, 0.3) is 0 Å². The van der Waals surface area contributed by atoms with Gasteiger partial charge in [-0.05, 0) is 30.6 Å². The van der Waals surface area contributed by atoms with Gasteiger partial charge >= 0.3 is 5.97 Å². The van der Waals surface area contributed by atoms with Gasteiger partial charge in [0.2, 0.25) is 0 Å². The minimum Gasteiger partial charge on any atom is -0.480 e. The van der Waals surface area contributed by atoms with E-state index in [0.717, 1.165) is 0 Å². The maximum atomic E-state index is 12.6. The van der Waals surface area contributed by atoms with E-state index in [2.05, 4.69) is 9.71 Å². The Morgan fingerprint density at radius 3 is 2.23 bits per heavy atom. The van der Waals surface area contributed by atoms with Crippen LogP contribution in [0.1, 0.15) is 12.0 Å². The zero-order valence-corrected chi connectivity index (χ0v) is 15.8. The van der Waals surface area contributed by atoms with Gasteiger partial charge in [-0.3, -0.25) is 9.71 Å². The second-order valence-corrected chi connectivity index (χ2v) is 8.07. The maximum absolute atomic E-state index is 12.6. The van der Waals surface area contributed by atoms with Crippen LogP contribution in [-0.2, 0) is 14.8 Å². The molecule has 0 aliphatic rings. The monoisotopic (exact) mass is 392 g/mol. The summed E-state index contributed by atoms with van der Waals surface area (Å²) < 4.78 is 27.7. The van der Waals surface area contributed by atoms with Crippen LogP contribution < -0.4 is 4.72 Å². The number of nitrogens with zero attached hydrogens (tertiary/aromatic N) is 1. The van der Waals surface area contributed by atoms with Crippen LogP contribution in [0.15, 0.2) is 70.6 Å². The van der Waals surface area contributed by atoms with Gasteiger partial charge in [0.15, 0.2) is 6.04 Å². The van der Waals surface area contributed by atoms with Gasteiger partial charge in [-0.15, -0.1) is 0 Å². The van der Waals surface area contributed by atoms with Gasteiger partial charge < -0.3 is 5.11 Å². The average molecular weight is 393 g/mol. The first-order chi connectivity index (χ1) is 12.4. The van der Waals surface area contributed by atoms with Crippen LogP contribution in [0.2, 0.25) is 0 Å². The first kappa shape index (κ1) is 20.0. The predicted octanol–water partition coefficient (Wildman–Crippen LogP) is 2.62. The van der Waals surface area contributed by atoms with Crippen molar-refractivity contribution < 1.29 is 18.3 Å². The molecule has 0 radical (unpaired) electrons. The molecule has 0 spiro atoms. The Hall–Kier alpha value is -2.32. The van der Waals surface area contributed by atoms with Crippen LogP contribution in [-0.4, -0.2) is 43.4 Å². The van der Waals surface area contributed by atoms with Crippen LogP contribution in [0, 0.1) is 0 Å². The topological polar surface area (TPSA) is 95.8 Å². The highest BCUT2D eigenvalue weighted by Crippen LogP contribution is 2.12. The zero-order chi connectivity index (χ0) is 19.0. The molecule has 2 aromatic carbocycles. The minimum absolute atomic E-state index is 0.0166. The number of aliphatic imine (C=N–C) groups is 1. The van der Waals surface area contributed by atoms with Crippen LogP contribution in [0.4, 0.5) is 0 Å². The van der Waals surface area contributed by atoms with Crippen molar-refractivity contribution in [3.8, 4) is 0 Å². The Bertz CT molecular complexity index is 853. The lowest BCUT2D eigenvalue weighted by Gasteiger charge is -2.14. The zero-order valence-electron chi connectivity index (χ0n) is 14.2. The van der Waals surface area contributed by atoms with Crippen molar-refractivity contribution in [1.82, 2.24) is 4.72 Å². The van der Waals surface area contributed by atoms with E-state index in [1.807, 2.05) is 6.26 Å². The smallest absolute Gasteiger partial charge is 0.328 e. The summed E-state index contributed by atoms with van der Waals surface area (Å²) in [6, 6.07) is 15.5. The Balaban J connectivity index is 2.42. The highest BCUT2D eigenvalue weighted by atomic mass is 32.2. The quantitative estimate of drug-likeness (QED) is 0.532. The predicted molar refractivity (Wildman–Crippen MR) is 104 cm³/mol. The molecular weight excluding hydrogens is 372 g/mol. The third-order valence-corrected chi connectivity index (χ3v) is 5.50. The van der Waals surface area contributed by atoms with Gasteiger partial charge in [-0.1, -0.05) is 48.5 Å². The second-order valence-electron chi connectivity index (χ2n) is 5.40. The summed E-state index contributed by atoms with van der Waals surface area (Å²) in [7, 11) is -3.88. The highest BCUT2D eigenvalue weighted by Gasteiger charge is 2.21. The summed E-state index contributed by atoms with van der Waals surface area (Å²) in [4.78, 5) is 15.8. The van der Waals surface area contributed by atoms with Gasteiger partial charge in [-0.25, -0.2) is 13.2 Å². The van der Waals surface area contributed by atoms with Crippen LogP contribution >= 0.6 is 11.8 Å². The number of benzene rings is 2. The molecule has 138 valence electrons. The lowest BCUT2D eigenvalue weighted by molar-refractivity contribution is -0.138. The van der Waals surface area contributed by atoms with E-state index >= 15 is 0 Å². The van der Waals surface area contributed by atoms with Crippen molar-refractivity contribution in [1.29, 1.82) is 0 Å². The number of amidine groups is 1. The first-order valence-corrected chi connectivity index (χ1v) is 10.7. The number of nitrogens with one attached hydrogen (secondary N) is 1. The number of hydrogen-bond donors (Lipinski definition) is 2. The summed E-state index contributed by atoms with van der Waals surface area (Å²) in [5.41, 5.74) is 0.502. The number of aliphatic carboxylic acids is 1. The average Bonchev–Trinajstić information content (AvgIpc) is 2.65. The number of carbonyl (C=O) groups is 1. The number of carboxylic acid groups (broad SMARTS) is 1. The summed E-state index contributed by atoms with van der Waals surface area (Å²) in [5.74, 6) is -0.470. The molecule has 6 nitrogen and oxygen atoms in total. The summed E-state index contributed by atoms with van der Waals surface area (Å²) in [6.07, 6.45) is 2.18. The number of carboxylic acids is 1. The van der Waals surface area contributed by atoms with Crippen LogP contribution in [0.3, 0.4) is 0 Å². The standard InChI is InChI=1S/C18H20N2O4S2/c1-25-13-12-16(18(21)22)19-17(14-8-4-2-5-9-14)20-26(23,24)15-10-6-3-7-11-15/h2-11,16H,12-13H2,1H3,(H,19,20)(H,21,22)/t16-/m0/s1. The Morgan fingerprint density at radius 1 is 1.12 bits per heavy atom. The van der Waals surface area contributed by atoms with Gasteiger partial charge in [0.25, 0.3) is 10.0 Å². The van der Waals surface area contributed by atoms with Crippen molar-refractivity contribution in [2.75, 3.05) is 12.0 Å². The molecule has 0 saturated heterocycles. The SMILES string of the molecule is CSCC[C@H](N=C(NS(=O)(=O)c1ccccc1)c1ccccc1)C(=O)O. The molecule has 0 aliphatic carbocycles. The van der Waals surface area contributed by atoms with Crippen molar-refractivity contribution >= 4 is 33.6 Å². The Kier molecular flexibility index (Phi) is 7.23. The molecule has 1 atom stereocenters. The van der Waals surface area contributed by atoms with E-state index in [-0.39, 0.29) is 10.7 Å². The fourth-order valence-electron chi connectivity index (χ4n) is 2.17. The minimum atomic E-state index is -3.88. The molecule has 0 unspecified atom stereocenters. The molecule has 26 heavy (non-hydrogen) atoms. The van der Waals surface area contributed by atoms with E-state index in [9.17, 15) is 18.3 Å². The molecule has 8 heteroatoms. The molecule has 2 N–H and O–H groups in total. The molecule has 0 saturated carbocycles. The van der Waals surface area contributed by atoms with Crippen molar-refractivity contribution in [3.05, 3.63) is 66.2 Å². The Morgan fingerprint density at radius 2 is 1.69 bits per heavy atom. The van der Waals surface area contributed by atoms with Crippen molar-refractivity contribution in [2.24, 2.45) is 4.99 Å². The second kappa shape index (κ2) is 9.40. The Labute approximate surface area is 157 Å². The fraction of sp³-hybridized carbons (Fsp3) is 0.222. The normalized spacial score (nSPS) is 13.2. The third kappa shape index (κ3) is 5.60. The van der Waals surface area contributed by atoms with Crippen molar-refractivity contribution in [3.63, 3.8) is 0 Å². The molecule has 0 bridgehead atoms. The molecule has 0 aliphatic heterocycles. The van der Waals surface area contributed by atoms with Gasteiger partial charge in [0, 0.05) is 5.56 Å².